The van der Waals surface area contributed by atoms with Crippen LogP contribution in [0.4, 0.5) is 13.2 Å². The van der Waals surface area contributed by atoms with Gasteiger partial charge in [-0.05, 0) is 26.0 Å². The summed E-state index contributed by atoms with van der Waals surface area (Å²) in [6.45, 7) is 2.62. The van der Waals surface area contributed by atoms with Crippen molar-refractivity contribution < 1.29 is 27.9 Å². The lowest BCUT2D eigenvalue weighted by molar-refractivity contribution is -0.147. The number of halogens is 3. The first-order valence-corrected chi connectivity index (χ1v) is 5.52. The van der Waals surface area contributed by atoms with Crippen molar-refractivity contribution in [2.75, 3.05) is 7.05 Å². The second-order valence-electron chi connectivity index (χ2n) is 4.66. The van der Waals surface area contributed by atoms with Crippen molar-refractivity contribution in [2.24, 2.45) is 0 Å². The maximum absolute atomic E-state index is 12.3. The summed E-state index contributed by atoms with van der Waals surface area (Å²) >= 11 is 0. The molecule has 0 fully saturated rings. The highest BCUT2D eigenvalue weighted by molar-refractivity contribution is 5.97. The Morgan fingerprint density at radius 1 is 1.25 bits per heavy atom. The number of carboxylic acids is 1. The predicted octanol–water partition coefficient (Wildman–Crippen LogP) is 2.04. The number of rotatable bonds is 3. The maximum Gasteiger partial charge on any atom is 0.433 e. The molecule has 1 aromatic rings. The first-order chi connectivity index (χ1) is 8.98. The average Bonchev–Trinajstić information content (AvgIpc) is 2.35. The van der Waals surface area contributed by atoms with Crippen molar-refractivity contribution in [2.45, 2.75) is 25.6 Å². The number of likely N-dealkylation sites (N-methyl/N-ethyl adjacent to an activating group) is 1. The van der Waals surface area contributed by atoms with E-state index in [1.165, 1.54) is 20.9 Å². The fourth-order valence-corrected chi connectivity index (χ4v) is 1.28. The van der Waals surface area contributed by atoms with Gasteiger partial charge in [0.1, 0.15) is 11.2 Å². The van der Waals surface area contributed by atoms with E-state index in [4.69, 9.17) is 5.11 Å². The van der Waals surface area contributed by atoms with E-state index in [2.05, 4.69) is 4.98 Å². The van der Waals surface area contributed by atoms with Crippen LogP contribution in [0.2, 0.25) is 0 Å². The number of carbonyl (C=O) groups excluding carboxylic acids is 1. The normalized spacial score (nSPS) is 12.1. The fraction of sp³-hybridized carbons (Fsp3) is 0.417. The van der Waals surface area contributed by atoms with Crippen LogP contribution in [0.15, 0.2) is 18.3 Å². The molecule has 110 valence electrons. The van der Waals surface area contributed by atoms with Crippen molar-refractivity contribution >= 4 is 11.9 Å². The highest BCUT2D eigenvalue weighted by atomic mass is 19.4. The number of amides is 1. The summed E-state index contributed by atoms with van der Waals surface area (Å²) in [5, 5.41) is 9.00. The fourth-order valence-electron chi connectivity index (χ4n) is 1.28. The second kappa shape index (κ2) is 5.10. The Labute approximate surface area is 113 Å². The van der Waals surface area contributed by atoms with E-state index in [1.807, 2.05) is 0 Å². The quantitative estimate of drug-likeness (QED) is 0.924. The third kappa shape index (κ3) is 3.06. The van der Waals surface area contributed by atoms with Crippen LogP contribution in [0.3, 0.4) is 0 Å². The number of hydrogen-bond donors (Lipinski definition) is 1. The molecule has 20 heavy (non-hydrogen) atoms. The van der Waals surface area contributed by atoms with Crippen molar-refractivity contribution in [1.29, 1.82) is 0 Å². The van der Waals surface area contributed by atoms with Crippen molar-refractivity contribution in [3.63, 3.8) is 0 Å². The highest BCUT2D eigenvalue weighted by Crippen LogP contribution is 2.27. The summed E-state index contributed by atoms with van der Waals surface area (Å²) in [5.41, 5.74) is -2.72. The first kappa shape index (κ1) is 15.9. The van der Waals surface area contributed by atoms with E-state index in [1.54, 1.807) is 0 Å². The lowest BCUT2D eigenvalue weighted by Crippen LogP contribution is -2.50. The Hall–Kier alpha value is -2.12. The summed E-state index contributed by atoms with van der Waals surface area (Å²) in [6.07, 6.45) is -3.81. The molecule has 0 bridgehead atoms. The lowest BCUT2D eigenvalue weighted by Gasteiger charge is -2.31. The zero-order valence-electron chi connectivity index (χ0n) is 11.0. The number of pyridine rings is 1. The molecule has 1 heterocycles. The summed E-state index contributed by atoms with van der Waals surface area (Å²) in [4.78, 5) is 27.1. The molecule has 0 saturated heterocycles. The molecule has 1 amide bonds. The Kier molecular flexibility index (Phi) is 4.07. The minimum absolute atomic E-state index is 0.116. The molecule has 0 spiro atoms. The first-order valence-electron chi connectivity index (χ1n) is 5.52. The largest absolute Gasteiger partial charge is 0.480 e. The molecule has 1 N–H and O–H groups in total. The lowest BCUT2D eigenvalue weighted by atomic mass is 10.0. The van der Waals surface area contributed by atoms with Gasteiger partial charge in [-0.25, -0.2) is 4.79 Å². The molecular weight excluding hydrogens is 277 g/mol. The number of carbonyl (C=O) groups is 2. The van der Waals surface area contributed by atoms with Crippen LogP contribution in [0.1, 0.15) is 29.9 Å². The van der Waals surface area contributed by atoms with E-state index >= 15 is 0 Å². The smallest absolute Gasteiger partial charge is 0.433 e. The number of alkyl halides is 3. The molecule has 0 aliphatic carbocycles. The van der Waals surface area contributed by atoms with Crippen molar-refractivity contribution in [3.05, 3.63) is 29.6 Å². The molecule has 0 atom stereocenters. The van der Waals surface area contributed by atoms with Crippen LogP contribution in [0.5, 0.6) is 0 Å². The molecule has 5 nitrogen and oxygen atoms in total. The Bertz CT molecular complexity index is 524. The van der Waals surface area contributed by atoms with Gasteiger partial charge < -0.3 is 10.0 Å². The number of aromatic nitrogens is 1. The molecule has 1 aromatic heterocycles. The van der Waals surface area contributed by atoms with E-state index in [0.717, 1.165) is 17.2 Å². The molecular formula is C12H13F3N2O3. The number of aliphatic carboxylic acids is 1. The zero-order valence-corrected chi connectivity index (χ0v) is 11.0. The van der Waals surface area contributed by atoms with E-state index < -0.39 is 29.3 Å². The van der Waals surface area contributed by atoms with Gasteiger partial charge in [0.05, 0.1) is 5.56 Å². The minimum Gasteiger partial charge on any atom is -0.480 e. The standard InChI is InChI=1S/C12H13F3N2O3/c1-11(2,10(19)20)17(3)9(18)7-4-5-8(16-6-7)12(13,14)15/h4-6H,1-3H3,(H,19,20). The summed E-state index contributed by atoms with van der Waals surface area (Å²) in [6, 6.07) is 1.64. The number of carboxylic acid groups (broad SMARTS) is 1. The van der Waals surface area contributed by atoms with E-state index in [-0.39, 0.29) is 5.56 Å². The Morgan fingerprint density at radius 3 is 2.15 bits per heavy atom. The maximum atomic E-state index is 12.3. The monoisotopic (exact) mass is 290 g/mol. The van der Waals surface area contributed by atoms with Gasteiger partial charge in [-0.15, -0.1) is 0 Å². The summed E-state index contributed by atoms with van der Waals surface area (Å²) in [5.74, 6) is -1.95. The van der Waals surface area contributed by atoms with Gasteiger partial charge in [0.2, 0.25) is 0 Å². The van der Waals surface area contributed by atoms with Crippen LogP contribution in [-0.2, 0) is 11.0 Å². The predicted molar refractivity (Wildman–Crippen MR) is 63.0 cm³/mol. The van der Waals surface area contributed by atoms with Gasteiger partial charge in [-0.2, -0.15) is 13.2 Å². The molecule has 0 aliphatic heterocycles. The third-order valence-corrected chi connectivity index (χ3v) is 2.97. The van der Waals surface area contributed by atoms with Gasteiger partial charge in [-0.1, -0.05) is 0 Å². The van der Waals surface area contributed by atoms with Crippen molar-refractivity contribution in [1.82, 2.24) is 9.88 Å². The molecule has 8 heteroatoms. The average molecular weight is 290 g/mol. The minimum atomic E-state index is -4.59. The number of nitrogens with zero attached hydrogens (tertiary/aromatic N) is 2. The SMILES string of the molecule is CN(C(=O)c1ccc(C(F)(F)F)nc1)C(C)(C)C(=O)O. The topological polar surface area (TPSA) is 70.5 Å². The van der Waals surface area contributed by atoms with Gasteiger partial charge in [0.15, 0.2) is 0 Å². The van der Waals surface area contributed by atoms with E-state index in [9.17, 15) is 22.8 Å². The Balaban J connectivity index is 3.02. The van der Waals surface area contributed by atoms with Crippen LogP contribution in [-0.4, -0.2) is 39.5 Å². The summed E-state index contributed by atoms with van der Waals surface area (Å²) < 4.78 is 37.0. The van der Waals surface area contributed by atoms with Gasteiger partial charge >= 0.3 is 12.1 Å². The molecule has 0 aromatic carbocycles. The molecule has 1 rings (SSSR count). The van der Waals surface area contributed by atoms with Crippen LogP contribution in [0, 0.1) is 0 Å². The van der Waals surface area contributed by atoms with Crippen molar-refractivity contribution in [3.8, 4) is 0 Å². The molecule has 0 radical (unpaired) electrons. The number of hydrogen-bond acceptors (Lipinski definition) is 3. The Morgan fingerprint density at radius 2 is 1.80 bits per heavy atom. The van der Waals surface area contributed by atoms with Gasteiger partial charge in [0, 0.05) is 13.2 Å². The van der Waals surface area contributed by atoms with E-state index in [0.29, 0.717) is 6.07 Å². The van der Waals surface area contributed by atoms with Gasteiger partial charge in [-0.3, -0.25) is 9.78 Å². The van der Waals surface area contributed by atoms with Crippen LogP contribution in [0.25, 0.3) is 0 Å². The van der Waals surface area contributed by atoms with Crippen LogP contribution < -0.4 is 0 Å². The van der Waals surface area contributed by atoms with Gasteiger partial charge in [0.25, 0.3) is 5.91 Å². The zero-order chi connectivity index (χ0) is 15.7. The third-order valence-electron chi connectivity index (χ3n) is 2.97. The summed E-state index contributed by atoms with van der Waals surface area (Å²) in [7, 11) is 1.26. The molecule has 0 aliphatic rings. The molecule has 0 unspecified atom stereocenters. The van der Waals surface area contributed by atoms with Crippen LogP contribution >= 0.6 is 0 Å². The second-order valence-corrected chi connectivity index (χ2v) is 4.66. The molecule has 0 saturated carbocycles. The highest BCUT2D eigenvalue weighted by Gasteiger charge is 2.36.